The summed E-state index contributed by atoms with van der Waals surface area (Å²) in [5, 5.41) is 8.57. The van der Waals surface area contributed by atoms with Crippen LogP contribution in [-0.2, 0) is 4.79 Å². The molecule has 1 aromatic rings. The first-order chi connectivity index (χ1) is 7.13. The molecule has 0 aliphatic heterocycles. The Kier molecular flexibility index (Phi) is 3.87. The molecule has 15 heavy (non-hydrogen) atoms. The molecule has 0 spiro atoms. The van der Waals surface area contributed by atoms with Gasteiger partial charge < -0.3 is 4.74 Å². The smallest absolute Gasteiger partial charge is 0.172 e. The van der Waals surface area contributed by atoms with E-state index in [-0.39, 0.29) is 18.3 Å². The number of hydrogen-bond donors (Lipinski definition) is 0. The summed E-state index contributed by atoms with van der Waals surface area (Å²) in [6.07, 6.45) is 0. The van der Waals surface area contributed by atoms with E-state index >= 15 is 0 Å². The van der Waals surface area contributed by atoms with Crippen molar-refractivity contribution in [3.8, 4) is 11.8 Å². The Morgan fingerprint density at radius 2 is 2.00 bits per heavy atom. The zero-order chi connectivity index (χ0) is 11.3. The standard InChI is InChI=1S/C12H13NO2/c1-9(2)12(14)8-15-11-5-3-10(7-13)4-6-11/h3-6,9H,8H2,1-2H3. The van der Waals surface area contributed by atoms with E-state index in [9.17, 15) is 4.79 Å². The summed E-state index contributed by atoms with van der Waals surface area (Å²) in [6, 6.07) is 8.71. The van der Waals surface area contributed by atoms with Gasteiger partial charge in [0.25, 0.3) is 0 Å². The molecule has 0 aliphatic carbocycles. The molecule has 0 amide bonds. The average molecular weight is 203 g/mol. The third-order valence-corrected chi connectivity index (χ3v) is 2.01. The number of Topliss-reactive ketones (excluding diaryl/α,β-unsaturated/α-hetero) is 1. The molecule has 1 rings (SSSR count). The van der Waals surface area contributed by atoms with E-state index in [1.807, 2.05) is 19.9 Å². The fourth-order valence-corrected chi connectivity index (χ4v) is 0.947. The molecule has 78 valence electrons. The van der Waals surface area contributed by atoms with Crippen molar-refractivity contribution in [2.75, 3.05) is 6.61 Å². The van der Waals surface area contributed by atoms with Crippen LogP contribution in [0, 0.1) is 17.2 Å². The Hall–Kier alpha value is -1.82. The molecule has 0 heterocycles. The lowest BCUT2D eigenvalue weighted by Crippen LogP contribution is -2.16. The zero-order valence-electron chi connectivity index (χ0n) is 8.86. The van der Waals surface area contributed by atoms with Gasteiger partial charge in [-0.2, -0.15) is 5.26 Å². The lowest BCUT2D eigenvalue weighted by Gasteiger charge is -2.06. The largest absolute Gasteiger partial charge is 0.486 e. The van der Waals surface area contributed by atoms with Crippen LogP contribution in [0.3, 0.4) is 0 Å². The first kappa shape index (κ1) is 11.3. The minimum Gasteiger partial charge on any atom is -0.486 e. The van der Waals surface area contributed by atoms with Gasteiger partial charge in [-0.15, -0.1) is 0 Å². The highest BCUT2D eigenvalue weighted by atomic mass is 16.5. The van der Waals surface area contributed by atoms with E-state index in [1.54, 1.807) is 24.3 Å². The molecule has 0 bridgehead atoms. The van der Waals surface area contributed by atoms with Crippen LogP contribution in [0.4, 0.5) is 0 Å². The van der Waals surface area contributed by atoms with Gasteiger partial charge in [0.2, 0.25) is 0 Å². The lowest BCUT2D eigenvalue weighted by molar-refractivity contribution is -0.123. The van der Waals surface area contributed by atoms with E-state index in [4.69, 9.17) is 10.00 Å². The Labute approximate surface area is 89.3 Å². The maximum absolute atomic E-state index is 11.3. The van der Waals surface area contributed by atoms with Crippen LogP contribution in [0.1, 0.15) is 19.4 Å². The molecule has 3 heteroatoms. The topological polar surface area (TPSA) is 50.1 Å². The van der Waals surface area contributed by atoms with E-state index in [0.29, 0.717) is 11.3 Å². The number of rotatable bonds is 4. The Balaban J connectivity index is 2.52. The van der Waals surface area contributed by atoms with Gasteiger partial charge in [-0.1, -0.05) is 13.8 Å². The summed E-state index contributed by atoms with van der Waals surface area (Å²) in [7, 11) is 0. The van der Waals surface area contributed by atoms with Crippen LogP contribution in [0.25, 0.3) is 0 Å². The zero-order valence-corrected chi connectivity index (χ0v) is 8.86. The Morgan fingerprint density at radius 3 is 2.47 bits per heavy atom. The van der Waals surface area contributed by atoms with Crippen LogP contribution in [0.15, 0.2) is 24.3 Å². The number of ether oxygens (including phenoxy) is 1. The van der Waals surface area contributed by atoms with Gasteiger partial charge in [-0.3, -0.25) is 4.79 Å². The maximum atomic E-state index is 11.3. The third-order valence-electron chi connectivity index (χ3n) is 2.01. The van der Waals surface area contributed by atoms with E-state index in [2.05, 4.69) is 0 Å². The number of hydrogen-bond acceptors (Lipinski definition) is 3. The third kappa shape index (κ3) is 3.43. The van der Waals surface area contributed by atoms with E-state index < -0.39 is 0 Å². The van der Waals surface area contributed by atoms with Gasteiger partial charge in [-0.25, -0.2) is 0 Å². The number of benzene rings is 1. The van der Waals surface area contributed by atoms with Crippen molar-refractivity contribution < 1.29 is 9.53 Å². The molecule has 0 saturated heterocycles. The molecule has 0 atom stereocenters. The maximum Gasteiger partial charge on any atom is 0.172 e. The molecule has 3 nitrogen and oxygen atoms in total. The summed E-state index contributed by atoms with van der Waals surface area (Å²) in [6.45, 7) is 3.76. The van der Waals surface area contributed by atoms with Crippen molar-refractivity contribution in [2.24, 2.45) is 5.92 Å². The quantitative estimate of drug-likeness (QED) is 0.753. The predicted molar refractivity (Wildman–Crippen MR) is 56.5 cm³/mol. The average Bonchev–Trinajstić information content (AvgIpc) is 2.26. The Morgan fingerprint density at radius 1 is 1.40 bits per heavy atom. The van der Waals surface area contributed by atoms with Gasteiger partial charge in [0.1, 0.15) is 12.4 Å². The van der Waals surface area contributed by atoms with Crippen molar-refractivity contribution in [2.45, 2.75) is 13.8 Å². The van der Waals surface area contributed by atoms with Crippen LogP contribution >= 0.6 is 0 Å². The van der Waals surface area contributed by atoms with E-state index in [0.717, 1.165) is 0 Å². The van der Waals surface area contributed by atoms with Crippen molar-refractivity contribution in [1.29, 1.82) is 5.26 Å². The Bertz CT molecular complexity index is 374. The first-order valence-electron chi connectivity index (χ1n) is 4.79. The van der Waals surface area contributed by atoms with Gasteiger partial charge in [-0.05, 0) is 24.3 Å². The molecule has 0 saturated carbocycles. The number of carbonyl (C=O) groups is 1. The second-order valence-electron chi connectivity index (χ2n) is 3.55. The van der Waals surface area contributed by atoms with Crippen LogP contribution < -0.4 is 4.74 Å². The number of carbonyl (C=O) groups excluding carboxylic acids is 1. The minimum absolute atomic E-state index is 0.0108. The lowest BCUT2D eigenvalue weighted by atomic mass is 10.1. The molecule has 0 aromatic heterocycles. The second kappa shape index (κ2) is 5.16. The molecule has 0 aliphatic rings. The molecular weight excluding hydrogens is 190 g/mol. The molecule has 0 radical (unpaired) electrons. The fourth-order valence-electron chi connectivity index (χ4n) is 0.947. The highest BCUT2D eigenvalue weighted by Gasteiger charge is 2.07. The molecule has 0 fully saturated rings. The van der Waals surface area contributed by atoms with Crippen molar-refractivity contribution >= 4 is 5.78 Å². The summed E-state index contributed by atoms with van der Waals surface area (Å²) in [5.41, 5.74) is 0.581. The minimum atomic E-state index is -0.0108. The van der Waals surface area contributed by atoms with Gasteiger partial charge in [0.05, 0.1) is 11.6 Å². The van der Waals surface area contributed by atoms with E-state index in [1.165, 1.54) is 0 Å². The molecule has 1 aromatic carbocycles. The molecular formula is C12H13NO2. The van der Waals surface area contributed by atoms with Crippen LogP contribution in [-0.4, -0.2) is 12.4 Å². The monoisotopic (exact) mass is 203 g/mol. The first-order valence-corrected chi connectivity index (χ1v) is 4.79. The SMILES string of the molecule is CC(C)C(=O)COc1ccc(C#N)cc1. The summed E-state index contributed by atoms with van der Waals surface area (Å²) >= 11 is 0. The summed E-state index contributed by atoms with van der Waals surface area (Å²) < 4.78 is 5.27. The fraction of sp³-hybridized carbons (Fsp3) is 0.333. The summed E-state index contributed by atoms with van der Waals surface area (Å²) in [5.74, 6) is 0.672. The van der Waals surface area contributed by atoms with Gasteiger partial charge in [0.15, 0.2) is 5.78 Å². The highest BCUT2D eigenvalue weighted by molar-refractivity contribution is 5.81. The highest BCUT2D eigenvalue weighted by Crippen LogP contribution is 2.11. The van der Waals surface area contributed by atoms with Crippen molar-refractivity contribution in [3.05, 3.63) is 29.8 Å². The molecule has 0 unspecified atom stereocenters. The van der Waals surface area contributed by atoms with Gasteiger partial charge >= 0.3 is 0 Å². The number of ketones is 1. The van der Waals surface area contributed by atoms with Gasteiger partial charge in [0, 0.05) is 5.92 Å². The second-order valence-corrected chi connectivity index (χ2v) is 3.55. The van der Waals surface area contributed by atoms with Crippen molar-refractivity contribution in [1.82, 2.24) is 0 Å². The van der Waals surface area contributed by atoms with Crippen LogP contribution in [0.2, 0.25) is 0 Å². The molecule has 0 N–H and O–H groups in total. The normalized spacial score (nSPS) is 9.73. The number of nitrogens with zero attached hydrogens (tertiary/aromatic N) is 1. The van der Waals surface area contributed by atoms with Crippen molar-refractivity contribution in [3.63, 3.8) is 0 Å². The van der Waals surface area contributed by atoms with Crippen LogP contribution in [0.5, 0.6) is 5.75 Å². The number of nitriles is 1. The summed E-state index contributed by atoms with van der Waals surface area (Å²) in [4.78, 5) is 11.3. The predicted octanol–water partition coefficient (Wildman–Crippen LogP) is 2.16.